The molecule has 0 bridgehead atoms. The van der Waals surface area contributed by atoms with Gasteiger partial charge in [0.05, 0.1) is 23.1 Å². The maximum Gasteiger partial charge on any atom is 0.228 e. The molecule has 1 aromatic carbocycles. The lowest BCUT2D eigenvalue weighted by atomic mass is 10.1. The Bertz CT molecular complexity index is 621. The van der Waals surface area contributed by atoms with Gasteiger partial charge in [0.15, 0.2) is 15.6 Å². The van der Waals surface area contributed by atoms with Crippen molar-refractivity contribution in [2.75, 3.05) is 16.8 Å². The summed E-state index contributed by atoms with van der Waals surface area (Å²) >= 11 is 0. The summed E-state index contributed by atoms with van der Waals surface area (Å²) in [6.45, 7) is 1.42. The Morgan fingerprint density at radius 2 is 1.95 bits per heavy atom. The molecule has 0 aromatic heterocycles. The number of nitrogens with one attached hydrogen (secondary N) is 1. The van der Waals surface area contributed by atoms with E-state index in [0.29, 0.717) is 17.7 Å². The zero-order valence-corrected chi connectivity index (χ0v) is 11.4. The molecule has 1 fully saturated rings. The predicted molar refractivity (Wildman–Crippen MR) is 71.8 cm³/mol. The van der Waals surface area contributed by atoms with E-state index in [1.54, 1.807) is 24.3 Å². The molecule has 1 unspecified atom stereocenters. The number of anilines is 1. The van der Waals surface area contributed by atoms with E-state index in [2.05, 4.69) is 5.32 Å². The highest BCUT2D eigenvalue weighted by Gasteiger charge is 2.33. The summed E-state index contributed by atoms with van der Waals surface area (Å²) in [6.07, 6.45) is 0.344. The first-order valence-electron chi connectivity index (χ1n) is 6.00. The highest BCUT2D eigenvalue weighted by Crippen LogP contribution is 2.22. The molecular weight excluding hydrogens is 266 g/mol. The van der Waals surface area contributed by atoms with Crippen LogP contribution in [-0.2, 0) is 14.6 Å². The molecule has 2 rings (SSSR count). The minimum absolute atomic E-state index is 0.0550. The van der Waals surface area contributed by atoms with Crippen LogP contribution in [0.2, 0.25) is 0 Å². The quantitative estimate of drug-likeness (QED) is 0.846. The number of hydrogen-bond donors (Lipinski definition) is 1. The van der Waals surface area contributed by atoms with Crippen LogP contribution in [0, 0.1) is 5.92 Å². The van der Waals surface area contributed by atoms with Crippen LogP contribution in [0.15, 0.2) is 24.3 Å². The van der Waals surface area contributed by atoms with Gasteiger partial charge in [-0.2, -0.15) is 0 Å². The molecule has 102 valence electrons. The lowest BCUT2D eigenvalue weighted by Crippen LogP contribution is -2.24. The molecule has 0 saturated carbocycles. The van der Waals surface area contributed by atoms with Crippen LogP contribution in [-0.4, -0.2) is 31.6 Å². The summed E-state index contributed by atoms with van der Waals surface area (Å²) in [5.41, 5.74) is 0.862. The van der Waals surface area contributed by atoms with Crippen molar-refractivity contribution in [3.8, 4) is 0 Å². The first-order valence-corrected chi connectivity index (χ1v) is 7.82. The van der Waals surface area contributed by atoms with Crippen LogP contribution >= 0.6 is 0 Å². The Morgan fingerprint density at radius 1 is 1.26 bits per heavy atom. The number of ketones is 1. The third-order valence-electron chi connectivity index (χ3n) is 3.17. The Balaban J connectivity index is 2.14. The third kappa shape index (κ3) is 3.20. The van der Waals surface area contributed by atoms with E-state index < -0.39 is 15.8 Å². The van der Waals surface area contributed by atoms with Crippen molar-refractivity contribution < 1.29 is 18.0 Å². The standard InChI is InChI=1S/C13H15NO4S/c1-9(15)11-4-2-3-5-12(11)14-13(16)10-6-7-19(17,18)8-10/h2-5,10H,6-8H2,1H3,(H,14,16). The molecule has 0 radical (unpaired) electrons. The normalized spacial score (nSPS) is 21.0. The van der Waals surface area contributed by atoms with Crippen LogP contribution in [0.1, 0.15) is 23.7 Å². The number of carbonyl (C=O) groups excluding carboxylic acids is 2. The van der Waals surface area contributed by atoms with Gasteiger partial charge in [-0.05, 0) is 25.5 Å². The minimum atomic E-state index is -3.09. The maximum atomic E-state index is 12.0. The third-order valence-corrected chi connectivity index (χ3v) is 4.94. The number of benzene rings is 1. The largest absolute Gasteiger partial charge is 0.325 e. The number of rotatable bonds is 3. The Kier molecular flexibility index (Phi) is 3.71. The van der Waals surface area contributed by atoms with Gasteiger partial charge in [0.1, 0.15) is 0 Å². The van der Waals surface area contributed by atoms with E-state index >= 15 is 0 Å². The molecule has 1 heterocycles. The molecule has 1 aliphatic heterocycles. The maximum absolute atomic E-state index is 12.0. The van der Waals surface area contributed by atoms with Gasteiger partial charge in [-0.25, -0.2) is 8.42 Å². The van der Waals surface area contributed by atoms with Crippen molar-refractivity contribution in [2.24, 2.45) is 5.92 Å². The van der Waals surface area contributed by atoms with Gasteiger partial charge < -0.3 is 5.32 Å². The summed E-state index contributed by atoms with van der Waals surface area (Å²) in [6, 6.07) is 6.70. The first kappa shape index (κ1) is 13.7. The molecule has 1 aliphatic rings. The zero-order chi connectivity index (χ0) is 14.0. The number of amides is 1. The Morgan fingerprint density at radius 3 is 2.53 bits per heavy atom. The first-order chi connectivity index (χ1) is 8.89. The van der Waals surface area contributed by atoms with Crippen molar-refractivity contribution in [3.05, 3.63) is 29.8 Å². The van der Waals surface area contributed by atoms with Crippen LogP contribution in [0.3, 0.4) is 0 Å². The number of para-hydroxylation sites is 1. The van der Waals surface area contributed by atoms with Crippen LogP contribution in [0.4, 0.5) is 5.69 Å². The van der Waals surface area contributed by atoms with Gasteiger partial charge in [-0.15, -0.1) is 0 Å². The van der Waals surface area contributed by atoms with Crippen molar-refractivity contribution in [1.29, 1.82) is 0 Å². The molecule has 1 saturated heterocycles. The van der Waals surface area contributed by atoms with Crippen molar-refractivity contribution in [1.82, 2.24) is 0 Å². The van der Waals surface area contributed by atoms with Crippen LogP contribution in [0.25, 0.3) is 0 Å². The van der Waals surface area contributed by atoms with Crippen molar-refractivity contribution in [3.63, 3.8) is 0 Å². The van der Waals surface area contributed by atoms with Gasteiger partial charge in [0.2, 0.25) is 5.91 Å². The predicted octanol–water partition coefficient (Wildman–Crippen LogP) is 1.26. The molecule has 1 atom stereocenters. The molecule has 1 aromatic rings. The van der Waals surface area contributed by atoms with Gasteiger partial charge in [-0.1, -0.05) is 12.1 Å². The molecular formula is C13H15NO4S. The van der Waals surface area contributed by atoms with Crippen LogP contribution < -0.4 is 5.32 Å². The van der Waals surface area contributed by atoms with E-state index in [0.717, 1.165) is 0 Å². The van der Waals surface area contributed by atoms with Gasteiger partial charge >= 0.3 is 0 Å². The fourth-order valence-corrected chi connectivity index (χ4v) is 3.88. The van der Waals surface area contributed by atoms with E-state index in [-0.39, 0.29) is 23.2 Å². The summed E-state index contributed by atoms with van der Waals surface area (Å²) in [5.74, 6) is -1.06. The van der Waals surface area contributed by atoms with E-state index in [9.17, 15) is 18.0 Å². The summed E-state index contributed by atoms with van der Waals surface area (Å²) in [4.78, 5) is 23.4. The molecule has 19 heavy (non-hydrogen) atoms. The second kappa shape index (κ2) is 5.13. The lowest BCUT2D eigenvalue weighted by Gasteiger charge is -2.11. The van der Waals surface area contributed by atoms with Crippen LogP contribution in [0.5, 0.6) is 0 Å². The van der Waals surface area contributed by atoms with E-state index in [4.69, 9.17) is 0 Å². The van der Waals surface area contributed by atoms with Gasteiger partial charge in [-0.3, -0.25) is 9.59 Å². The second-order valence-electron chi connectivity index (χ2n) is 4.69. The second-order valence-corrected chi connectivity index (χ2v) is 6.92. The highest BCUT2D eigenvalue weighted by atomic mass is 32.2. The number of Topliss-reactive ketones (excluding diaryl/α,β-unsaturated/α-hetero) is 1. The molecule has 0 aliphatic carbocycles. The average Bonchev–Trinajstić information content (AvgIpc) is 2.70. The van der Waals surface area contributed by atoms with Gasteiger partial charge in [0.25, 0.3) is 0 Å². The molecule has 1 N–H and O–H groups in total. The lowest BCUT2D eigenvalue weighted by molar-refractivity contribution is -0.119. The number of hydrogen-bond acceptors (Lipinski definition) is 4. The fourth-order valence-electron chi connectivity index (χ4n) is 2.14. The zero-order valence-electron chi connectivity index (χ0n) is 10.5. The fraction of sp³-hybridized carbons (Fsp3) is 0.385. The minimum Gasteiger partial charge on any atom is -0.325 e. The van der Waals surface area contributed by atoms with E-state index in [1.807, 2.05) is 0 Å². The molecule has 0 spiro atoms. The number of sulfone groups is 1. The molecule has 5 nitrogen and oxygen atoms in total. The molecule has 6 heteroatoms. The highest BCUT2D eigenvalue weighted by molar-refractivity contribution is 7.91. The van der Waals surface area contributed by atoms with Crippen molar-refractivity contribution >= 4 is 27.2 Å². The Labute approximate surface area is 111 Å². The Hall–Kier alpha value is -1.69. The summed E-state index contributed by atoms with van der Waals surface area (Å²) < 4.78 is 22.7. The van der Waals surface area contributed by atoms with Crippen molar-refractivity contribution in [2.45, 2.75) is 13.3 Å². The summed E-state index contributed by atoms with van der Waals surface area (Å²) in [5, 5.41) is 2.65. The number of carbonyl (C=O) groups is 2. The summed E-state index contributed by atoms with van der Waals surface area (Å²) in [7, 11) is -3.09. The van der Waals surface area contributed by atoms with Gasteiger partial charge in [0, 0.05) is 5.56 Å². The smallest absolute Gasteiger partial charge is 0.228 e. The average molecular weight is 281 g/mol. The SMILES string of the molecule is CC(=O)c1ccccc1NC(=O)C1CCS(=O)(=O)C1. The monoisotopic (exact) mass is 281 g/mol. The molecule has 1 amide bonds. The van der Waals surface area contributed by atoms with E-state index in [1.165, 1.54) is 6.92 Å². The topological polar surface area (TPSA) is 80.3 Å².